The van der Waals surface area contributed by atoms with Gasteiger partial charge in [0, 0.05) is 36.9 Å². The van der Waals surface area contributed by atoms with Crippen molar-refractivity contribution in [2.24, 2.45) is 0 Å². The summed E-state index contributed by atoms with van der Waals surface area (Å²) in [6.45, 7) is 0. The van der Waals surface area contributed by atoms with E-state index in [-0.39, 0.29) is 0 Å². The first-order valence-corrected chi connectivity index (χ1v) is 14.4. The number of thiophene rings is 1. The average molecular weight is 542 g/mol. The third-order valence-corrected chi connectivity index (χ3v) is 8.64. The second-order valence-corrected chi connectivity index (χ2v) is 11.2. The van der Waals surface area contributed by atoms with Crippen LogP contribution in [0.5, 0.6) is 0 Å². The van der Waals surface area contributed by atoms with Gasteiger partial charge in [-0.3, -0.25) is 0 Å². The quantitative estimate of drug-likeness (QED) is 0.222. The van der Waals surface area contributed by atoms with Crippen LogP contribution in [0.15, 0.2) is 140 Å². The molecule has 2 aromatic heterocycles. The highest BCUT2D eigenvalue weighted by Crippen LogP contribution is 2.39. The second-order valence-electron chi connectivity index (χ2n) is 10.1. The molecule has 0 saturated carbocycles. The van der Waals surface area contributed by atoms with Crippen molar-refractivity contribution in [2.75, 3.05) is 0 Å². The van der Waals surface area contributed by atoms with Crippen LogP contribution in [-0.4, -0.2) is 15.0 Å². The van der Waals surface area contributed by atoms with Gasteiger partial charge in [0.05, 0.1) is 0 Å². The zero-order valence-electron chi connectivity index (χ0n) is 22.0. The van der Waals surface area contributed by atoms with E-state index in [9.17, 15) is 0 Å². The molecule has 2 heterocycles. The molecule has 0 aliphatic heterocycles. The third-order valence-electron chi connectivity index (χ3n) is 7.51. The smallest absolute Gasteiger partial charge is 0.164 e. The van der Waals surface area contributed by atoms with Gasteiger partial charge in [-0.15, -0.1) is 11.3 Å². The molecule has 8 rings (SSSR count). The molecule has 0 aliphatic carbocycles. The lowest BCUT2D eigenvalue weighted by molar-refractivity contribution is 1.07. The Balaban J connectivity index is 1.29. The van der Waals surface area contributed by atoms with E-state index in [1.165, 1.54) is 36.5 Å². The fraction of sp³-hybridized carbons (Fsp3) is 0. The summed E-state index contributed by atoms with van der Waals surface area (Å²) in [6.07, 6.45) is 0. The molecule has 0 spiro atoms. The number of fused-ring (bicyclic) bond motifs is 4. The van der Waals surface area contributed by atoms with Crippen LogP contribution in [0.3, 0.4) is 0 Å². The predicted molar refractivity (Wildman–Crippen MR) is 172 cm³/mol. The number of hydrogen-bond donors (Lipinski definition) is 0. The topological polar surface area (TPSA) is 38.7 Å². The molecule has 0 saturated heterocycles. The monoisotopic (exact) mass is 541 g/mol. The van der Waals surface area contributed by atoms with Crippen LogP contribution in [0, 0.1) is 0 Å². The standard InChI is InChI=1S/C37H23N3S/c1-3-11-24(12-4-1)35-38-36(25-13-5-2-6-14-25)40-37(39-35)28-17-9-15-26(21-28)29-19-10-16-27-22-32-30-18-7-8-20-33(30)41-34(32)23-31(27)29/h1-23H. The molecule has 0 amide bonds. The fourth-order valence-corrected chi connectivity index (χ4v) is 6.64. The van der Waals surface area contributed by atoms with Gasteiger partial charge >= 0.3 is 0 Å². The summed E-state index contributed by atoms with van der Waals surface area (Å²) >= 11 is 1.85. The molecule has 0 unspecified atom stereocenters. The molecule has 0 bridgehead atoms. The normalized spacial score (nSPS) is 11.4. The van der Waals surface area contributed by atoms with Crippen LogP contribution >= 0.6 is 11.3 Å². The first kappa shape index (κ1) is 23.7. The summed E-state index contributed by atoms with van der Waals surface area (Å²) in [5, 5.41) is 5.12. The summed E-state index contributed by atoms with van der Waals surface area (Å²) < 4.78 is 2.62. The highest BCUT2D eigenvalue weighted by Gasteiger charge is 2.14. The summed E-state index contributed by atoms with van der Waals surface area (Å²) in [5.74, 6) is 1.99. The van der Waals surface area contributed by atoms with Crippen molar-refractivity contribution in [1.82, 2.24) is 15.0 Å². The number of hydrogen-bond acceptors (Lipinski definition) is 4. The Hall–Kier alpha value is -5.19. The summed E-state index contributed by atoms with van der Waals surface area (Å²) in [5.41, 5.74) is 5.22. The van der Waals surface area contributed by atoms with E-state index in [0.29, 0.717) is 17.5 Å². The van der Waals surface area contributed by atoms with Crippen molar-refractivity contribution >= 4 is 42.3 Å². The van der Waals surface area contributed by atoms with Crippen molar-refractivity contribution in [3.63, 3.8) is 0 Å². The Morgan fingerprint density at radius 3 is 1.68 bits per heavy atom. The first-order chi connectivity index (χ1) is 20.3. The fourth-order valence-electron chi connectivity index (χ4n) is 5.51. The molecular weight excluding hydrogens is 518 g/mol. The lowest BCUT2D eigenvalue weighted by atomic mass is 9.96. The molecular formula is C37H23N3S. The van der Waals surface area contributed by atoms with Crippen LogP contribution in [0.4, 0.5) is 0 Å². The van der Waals surface area contributed by atoms with Gasteiger partial charge in [-0.2, -0.15) is 0 Å². The van der Waals surface area contributed by atoms with Crippen molar-refractivity contribution in [3.8, 4) is 45.3 Å². The van der Waals surface area contributed by atoms with E-state index in [2.05, 4.69) is 78.9 Å². The maximum Gasteiger partial charge on any atom is 0.164 e. The minimum atomic E-state index is 0.659. The Labute approximate surface area is 241 Å². The summed E-state index contributed by atoms with van der Waals surface area (Å²) in [7, 11) is 0. The Morgan fingerprint density at radius 2 is 0.951 bits per heavy atom. The third kappa shape index (κ3) is 4.26. The second kappa shape index (κ2) is 9.77. The van der Waals surface area contributed by atoms with Gasteiger partial charge in [-0.25, -0.2) is 15.0 Å². The maximum atomic E-state index is 4.94. The highest BCUT2D eigenvalue weighted by atomic mass is 32.1. The first-order valence-electron chi connectivity index (χ1n) is 13.6. The van der Waals surface area contributed by atoms with Crippen LogP contribution in [-0.2, 0) is 0 Å². The zero-order valence-corrected chi connectivity index (χ0v) is 22.8. The van der Waals surface area contributed by atoms with Crippen LogP contribution in [0.25, 0.3) is 76.2 Å². The van der Waals surface area contributed by atoms with E-state index in [1.807, 2.05) is 72.0 Å². The van der Waals surface area contributed by atoms with E-state index in [4.69, 9.17) is 15.0 Å². The van der Waals surface area contributed by atoms with Gasteiger partial charge in [0.15, 0.2) is 17.5 Å². The molecule has 0 radical (unpaired) electrons. The zero-order chi connectivity index (χ0) is 27.2. The van der Waals surface area contributed by atoms with Gasteiger partial charge < -0.3 is 0 Å². The minimum Gasteiger partial charge on any atom is -0.208 e. The molecule has 8 aromatic rings. The molecule has 0 atom stereocenters. The molecule has 192 valence electrons. The SMILES string of the molecule is c1ccc(-c2nc(-c3ccccc3)nc(-c3cccc(-c4cccc5cc6c(cc45)sc4ccccc46)c3)n2)cc1. The Bertz CT molecular complexity index is 2140. The van der Waals surface area contributed by atoms with Crippen LogP contribution in [0.1, 0.15) is 0 Å². The minimum absolute atomic E-state index is 0.659. The van der Waals surface area contributed by atoms with Crippen LogP contribution in [0.2, 0.25) is 0 Å². The number of benzene rings is 6. The maximum absolute atomic E-state index is 4.94. The number of rotatable bonds is 4. The lowest BCUT2D eigenvalue weighted by Crippen LogP contribution is -2.00. The van der Waals surface area contributed by atoms with E-state index in [1.54, 1.807) is 0 Å². The van der Waals surface area contributed by atoms with E-state index in [0.717, 1.165) is 22.3 Å². The molecule has 3 nitrogen and oxygen atoms in total. The van der Waals surface area contributed by atoms with Crippen molar-refractivity contribution in [1.29, 1.82) is 0 Å². The Kier molecular flexibility index (Phi) is 5.64. The molecule has 6 aromatic carbocycles. The van der Waals surface area contributed by atoms with E-state index >= 15 is 0 Å². The van der Waals surface area contributed by atoms with Gasteiger partial charge in [0.25, 0.3) is 0 Å². The van der Waals surface area contributed by atoms with Gasteiger partial charge in [0.2, 0.25) is 0 Å². The lowest BCUT2D eigenvalue weighted by Gasteiger charge is -2.11. The van der Waals surface area contributed by atoms with Crippen molar-refractivity contribution in [3.05, 3.63) is 140 Å². The number of aromatic nitrogens is 3. The van der Waals surface area contributed by atoms with Crippen molar-refractivity contribution in [2.45, 2.75) is 0 Å². The largest absolute Gasteiger partial charge is 0.208 e. The van der Waals surface area contributed by atoms with Crippen molar-refractivity contribution < 1.29 is 0 Å². The molecule has 41 heavy (non-hydrogen) atoms. The average Bonchev–Trinajstić information content (AvgIpc) is 3.41. The molecule has 4 heteroatoms. The van der Waals surface area contributed by atoms with Gasteiger partial charge in [-0.1, -0.05) is 115 Å². The molecule has 0 N–H and O–H groups in total. The van der Waals surface area contributed by atoms with E-state index < -0.39 is 0 Å². The molecule has 0 fully saturated rings. The summed E-state index contributed by atoms with van der Waals surface area (Å²) in [4.78, 5) is 14.7. The van der Waals surface area contributed by atoms with Gasteiger partial charge in [-0.05, 0) is 46.2 Å². The predicted octanol–water partition coefficient (Wildman–Crippen LogP) is 10.1. The highest BCUT2D eigenvalue weighted by molar-refractivity contribution is 7.25. The molecule has 0 aliphatic rings. The Morgan fingerprint density at radius 1 is 0.366 bits per heavy atom. The summed E-state index contributed by atoms with van der Waals surface area (Å²) in [6, 6.07) is 48.6. The van der Waals surface area contributed by atoms with Gasteiger partial charge in [0.1, 0.15) is 0 Å². The van der Waals surface area contributed by atoms with Crippen LogP contribution < -0.4 is 0 Å². The number of nitrogens with zero attached hydrogens (tertiary/aromatic N) is 3.